The van der Waals surface area contributed by atoms with Gasteiger partial charge in [-0.25, -0.2) is 14.7 Å². The van der Waals surface area contributed by atoms with Crippen LogP contribution in [0.4, 0.5) is 33.7 Å². The van der Waals surface area contributed by atoms with Gasteiger partial charge in [0.15, 0.2) is 0 Å². The number of urea groups is 1. The highest BCUT2D eigenvalue weighted by Gasteiger charge is 2.48. The Hall–Kier alpha value is -3.65. The van der Waals surface area contributed by atoms with Crippen molar-refractivity contribution >= 4 is 23.3 Å². The molecule has 2 atom stereocenters. The number of anilines is 2. The number of benzene rings is 2. The third-order valence-corrected chi connectivity index (χ3v) is 7.13. The van der Waals surface area contributed by atoms with Crippen LogP contribution in [0.3, 0.4) is 0 Å². The van der Waals surface area contributed by atoms with E-state index in [1.54, 1.807) is 6.07 Å². The number of hydrogen-bond acceptors (Lipinski definition) is 4. The van der Waals surface area contributed by atoms with Gasteiger partial charge in [-0.1, -0.05) is 12.8 Å². The monoisotopic (exact) mass is 516 g/mol. The van der Waals surface area contributed by atoms with E-state index in [0.717, 1.165) is 43.9 Å². The topological polar surface area (TPSA) is 85.7 Å². The Morgan fingerprint density at radius 2 is 1.65 bits per heavy atom. The Balaban J connectivity index is 1.44. The van der Waals surface area contributed by atoms with Crippen LogP contribution in [-0.2, 0) is 11.0 Å². The van der Waals surface area contributed by atoms with Gasteiger partial charge >= 0.3 is 12.2 Å². The lowest BCUT2D eigenvalue weighted by Gasteiger charge is -2.32. The number of carbonyl (C=O) groups is 2. The molecule has 0 bridgehead atoms. The minimum atomic E-state index is -4.77. The quantitative estimate of drug-likeness (QED) is 0.403. The average Bonchev–Trinajstić information content (AvgIpc) is 3.64. The number of fused-ring (bicyclic) bond motifs is 1. The molecule has 3 fully saturated rings. The molecule has 11 heteroatoms. The number of nitrogens with one attached hydrogen (secondary N) is 1. The Kier molecular flexibility index (Phi) is 6.54. The van der Waals surface area contributed by atoms with E-state index in [4.69, 9.17) is 10.1 Å². The molecule has 194 valence electrons. The maximum Gasteiger partial charge on any atom is 0.417 e. The van der Waals surface area contributed by atoms with Gasteiger partial charge in [-0.15, -0.1) is 0 Å². The van der Waals surface area contributed by atoms with Gasteiger partial charge in [0.05, 0.1) is 41.5 Å². The van der Waals surface area contributed by atoms with E-state index in [1.807, 2.05) is 0 Å². The van der Waals surface area contributed by atoms with Crippen LogP contribution < -0.4 is 15.3 Å². The molecular formula is C26H24F4N4O3. The summed E-state index contributed by atoms with van der Waals surface area (Å²) in [5.74, 6) is -1.18. The Morgan fingerprint density at radius 1 is 1.03 bits per heavy atom. The molecule has 2 saturated carbocycles. The molecule has 7 nitrogen and oxygen atoms in total. The van der Waals surface area contributed by atoms with Crippen LogP contribution in [0.25, 0.3) is 0 Å². The second kappa shape index (κ2) is 9.67. The summed E-state index contributed by atoms with van der Waals surface area (Å²) >= 11 is 0. The molecule has 2 aliphatic carbocycles. The number of alkyl halides is 3. The number of hydroxylamine groups is 1. The molecule has 0 radical (unpaired) electrons. The van der Waals surface area contributed by atoms with E-state index in [-0.39, 0.29) is 23.0 Å². The lowest BCUT2D eigenvalue weighted by Crippen LogP contribution is -2.40. The van der Waals surface area contributed by atoms with Gasteiger partial charge in [0.2, 0.25) is 0 Å². The maximum absolute atomic E-state index is 15.0. The number of halogens is 4. The SMILES string of the molecule is N#Cc1ccc(N2C(=O)N(c3ccc(C(=O)NOCC4CC4)c(F)c3)[C@@H]3CCCC[C@H]32)cc1C(F)(F)F. The molecular weight excluding hydrogens is 492 g/mol. The first-order valence-corrected chi connectivity index (χ1v) is 12.1. The minimum Gasteiger partial charge on any atom is -0.289 e. The second-order valence-corrected chi connectivity index (χ2v) is 9.63. The Morgan fingerprint density at radius 3 is 2.22 bits per heavy atom. The molecule has 1 N–H and O–H groups in total. The fraction of sp³-hybridized carbons (Fsp3) is 0.423. The van der Waals surface area contributed by atoms with Gasteiger partial charge in [0, 0.05) is 11.4 Å². The van der Waals surface area contributed by atoms with Gasteiger partial charge in [-0.2, -0.15) is 18.4 Å². The van der Waals surface area contributed by atoms with E-state index in [2.05, 4.69) is 5.48 Å². The predicted octanol–water partition coefficient (Wildman–Crippen LogP) is 5.55. The average molecular weight is 516 g/mol. The van der Waals surface area contributed by atoms with E-state index >= 15 is 0 Å². The Labute approximate surface area is 210 Å². The van der Waals surface area contributed by atoms with Crippen LogP contribution in [0.5, 0.6) is 0 Å². The van der Waals surface area contributed by atoms with E-state index in [9.17, 15) is 27.2 Å². The van der Waals surface area contributed by atoms with Gasteiger partial charge in [-0.3, -0.25) is 19.4 Å². The number of amides is 3. The van der Waals surface area contributed by atoms with Crippen molar-refractivity contribution in [2.75, 3.05) is 16.4 Å². The van der Waals surface area contributed by atoms with Crippen molar-refractivity contribution in [3.63, 3.8) is 0 Å². The summed E-state index contributed by atoms with van der Waals surface area (Å²) in [6.07, 6.45) is 0.0435. The smallest absolute Gasteiger partial charge is 0.289 e. The maximum atomic E-state index is 15.0. The predicted molar refractivity (Wildman–Crippen MR) is 125 cm³/mol. The molecule has 0 spiro atoms. The fourth-order valence-electron chi connectivity index (χ4n) is 5.11. The second-order valence-electron chi connectivity index (χ2n) is 9.63. The molecule has 2 aromatic carbocycles. The Bertz CT molecular complexity index is 1270. The van der Waals surface area contributed by atoms with Crippen molar-refractivity contribution < 1.29 is 32.0 Å². The third kappa shape index (κ3) is 4.85. The van der Waals surface area contributed by atoms with Gasteiger partial charge < -0.3 is 0 Å². The van der Waals surface area contributed by atoms with E-state index < -0.39 is 41.1 Å². The molecule has 5 rings (SSSR count). The zero-order valence-electron chi connectivity index (χ0n) is 19.7. The molecule has 1 saturated heterocycles. The van der Waals surface area contributed by atoms with Gasteiger partial charge in [0.25, 0.3) is 5.91 Å². The van der Waals surface area contributed by atoms with Crippen molar-refractivity contribution in [3.05, 3.63) is 58.9 Å². The van der Waals surface area contributed by atoms with E-state index in [1.165, 1.54) is 28.0 Å². The summed E-state index contributed by atoms with van der Waals surface area (Å²) in [7, 11) is 0. The summed E-state index contributed by atoms with van der Waals surface area (Å²) < 4.78 is 55.7. The van der Waals surface area contributed by atoms with Gasteiger partial charge in [-0.05, 0) is 68.0 Å². The molecule has 37 heavy (non-hydrogen) atoms. The standard InChI is InChI=1S/C26H24F4N4O3/c27-21-12-18(9-10-19(21)24(35)32-37-14-15-5-6-15)34-23-4-2-1-3-22(23)33(25(34)36)17-8-7-16(13-31)20(11-17)26(28,29)30/h7-12,15,22-23H,1-6,14H2,(H,32,35)/t22-,23-/m1/s1. The molecule has 0 aromatic heterocycles. The number of nitriles is 1. The van der Waals surface area contributed by atoms with Crippen molar-refractivity contribution in [2.45, 2.75) is 56.8 Å². The van der Waals surface area contributed by atoms with Crippen LogP contribution >= 0.6 is 0 Å². The highest BCUT2D eigenvalue weighted by molar-refractivity contribution is 6.08. The van der Waals surface area contributed by atoms with Crippen LogP contribution in [-0.4, -0.2) is 30.6 Å². The third-order valence-electron chi connectivity index (χ3n) is 7.13. The van der Waals surface area contributed by atoms with Crippen LogP contribution in [0.2, 0.25) is 0 Å². The van der Waals surface area contributed by atoms with Crippen LogP contribution in [0, 0.1) is 23.1 Å². The highest BCUT2D eigenvalue weighted by Crippen LogP contribution is 2.42. The lowest BCUT2D eigenvalue weighted by molar-refractivity contribution is -0.137. The summed E-state index contributed by atoms with van der Waals surface area (Å²) in [4.78, 5) is 33.8. The summed E-state index contributed by atoms with van der Waals surface area (Å²) in [5, 5.41) is 9.12. The lowest BCUT2D eigenvalue weighted by atomic mass is 9.89. The number of hydrogen-bond donors (Lipinski definition) is 1. The van der Waals surface area contributed by atoms with Crippen LogP contribution in [0.15, 0.2) is 36.4 Å². The van der Waals surface area contributed by atoms with Crippen molar-refractivity contribution in [1.29, 1.82) is 5.26 Å². The van der Waals surface area contributed by atoms with Crippen molar-refractivity contribution in [1.82, 2.24) is 5.48 Å². The number of rotatable bonds is 6. The van der Waals surface area contributed by atoms with Crippen LogP contribution in [0.1, 0.15) is 60.0 Å². The number of carbonyl (C=O) groups excluding carboxylic acids is 2. The summed E-state index contributed by atoms with van der Waals surface area (Å²) in [5.41, 5.74) is 0.575. The molecule has 0 unspecified atom stereocenters. The number of nitrogens with zero attached hydrogens (tertiary/aromatic N) is 3. The van der Waals surface area contributed by atoms with Crippen molar-refractivity contribution in [2.24, 2.45) is 5.92 Å². The summed E-state index contributed by atoms with van der Waals surface area (Å²) in [6.45, 7) is 0.359. The molecule has 2 aromatic rings. The molecule has 3 aliphatic rings. The fourth-order valence-corrected chi connectivity index (χ4v) is 5.11. The largest absolute Gasteiger partial charge is 0.417 e. The highest BCUT2D eigenvalue weighted by atomic mass is 19.4. The van der Waals surface area contributed by atoms with E-state index in [0.29, 0.717) is 25.4 Å². The zero-order chi connectivity index (χ0) is 26.3. The minimum absolute atomic E-state index is 0.0278. The first-order valence-electron chi connectivity index (χ1n) is 12.1. The van der Waals surface area contributed by atoms with Gasteiger partial charge in [0.1, 0.15) is 5.82 Å². The first kappa shape index (κ1) is 25.0. The summed E-state index contributed by atoms with van der Waals surface area (Å²) in [6, 6.07) is 7.17. The van der Waals surface area contributed by atoms with Crippen molar-refractivity contribution in [3.8, 4) is 6.07 Å². The zero-order valence-corrected chi connectivity index (χ0v) is 19.7. The molecule has 1 aliphatic heterocycles. The molecule has 3 amide bonds. The molecule has 1 heterocycles. The normalized spacial score (nSPS) is 21.5. The first-order chi connectivity index (χ1) is 17.7.